The Morgan fingerprint density at radius 1 is 1.24 bits per heavy atom. The first-order valence-electron chi connectivity index (χ1n) is 8.82. The van der Waals surface area contributed by atoms with Gasteiger partial charge in [-0.1, -0.05) is 25.1 Å². The third-order valence-corrected chi connectivity index (χ3v) is 6.80. The number of hydrogen-bond acceptors (Lipinski definition) is 6. The molecule has 25 heavy (non-hydrogen) atoms. The molecule has 1 aliphatic rings. The molecule has 0 aliphatic heterocycles. The predicted octanol–water partition coefficient (Wildman–Crippen LogP) is 4.44. The van der Waals surface area contributed by atoms with Crippen LogP contribution in [0.25, 0.3) is 26.1 Å². The Morgan fingerprint density at radius 3 is 2.96 bits per heavy atom. The Kier molecular flexibility index (Phi) is 3.67. The summed E-state index contributed by atoms with van der Waals surface area (Å²) < 4.78 is 3.10. The van der Waals surface area contributed by atoms with Crippen LogP contribution < -0.4 is 0 Å². The summed E-state index contributed by atoms with van der Waals surface area (Å²) in [5.41, 5.74) is 6.26. The Balaban J connectivity index is 1.84. The molecule has 0 saturated carbocycles. The van der Waals surface area contributed by atoms with Crippen LogP contribution >= 0.6 is 23.1 Å². The molecule has 7 heteroatoms. The molecule has 128 valence electrons. The van der Waals surface area contributed by atoms with Gasteiger partial charge in [0.05, 0.1) is 5.52 Å². The van der Waals surface area contributed by atoms with E-state index in [1.54, 1.807) is 23.1 Å². The molecule has 0 amide bonds. The van der Waals surface area contributed by atoms with Gasteiger partial charge in [-0.2, -0.15) is 0 Å². The first kappa shape index (κ1) is 15.5. The zero-order valence-electron chi connectivity index (χ0n) is 14.4. The molecule has 4 heterocycles. The van der Waals surface area contributed by atoms with E-state index in [4.69, 9.17) is 9.97 Å². The third-order valence-electron chi connectivity index (χ3n) is 5.09. The molecule has 0 radical (unpaired) electrons. The van der Waals surface area contributed by atoms with Crippen molar-refractivity contribution in [2.24, 2.45) is 0 Å². The smallest absolute Gasteiger partial charge is 0.196 e. The summed E-state index contributed by atoms with van der Waals surface area (Å²) in [6.07, 6.45) is 10.9. The highest BCUT2D eigenvalue weighted by Crippen LogP contribution is 2.40. The Labute approximate surface area is 153 Å². The van der Waals surface area contributed by atoms with Gasteiger partial charge in [0.15, 0.2) is 10.8 Å². The molecular weight excluding hydrogens is 350 g/mol. The van der Waals surface area contributed by atoms with E-state index in [9.17, 15) is 0 Å². The SMILES string of the molecule is CCCCc1nc2sc3c(ncn4c(SC)nnc34)c2c2c1CCC2. The maximum absolute atomic E-state index is 5.07. The third kappa shape index (κ3) is 2.22. The molecular formula is C18H19N5S2. The van der Waals surface area contributed by atoms with Gasteiger partial charge in [-0.25, -0.2) is 9.97 Å². The molecule has 1 aliphatic carbocycles. The Hall–Kier alpha value is -1.73. The second kappa shape index (κ2) is 5.92. The topological polar surface area (TPSA) is 56.0 Å². The minimum atomic E-state index is 0.878. The molecule has 0 N–H and O–H groups in total. The number of nitrogens with zero attached hydrogens (tertiary/aromatic N) is 5. The number of rotatable bonds is 4. The summed E-state index contributed by atoms with van der Waals surface area (Å²) in [4.78, 5) is 11.0. The molecule has 4 aromatic heterocycles. The Bertz CT molecular complexity index is 1110. The number of thioether (sulfide) groups is 1. The van der Waals surface area contributed by atoms with E-state index in [0.717, 1.165) is 38.7 Å². The van der Waals surface area contributed by atoms with Gasteiger partial charge in [0.25, 0.3) is 0 Å². The van der Waals surface area contributed by atoms with Crippen molar-refractivity contribution in [3.63, 3.8) is 0 Å². The zero-order chi connectivity index (χ0) is 17.0. The first-order chi connectivity index (χ1) is 12.3. The Morgan fingerprint density at radius 2 is 2.12 bits per heavy atom. The second-order valence-corrected chi connectivity index (χ2v) is 8.33. The molecule has 0 atom stereocenters. The lowest BCUT2D eigenvalue weighted by Gasteiger charge is -2.08. The summed E-state index contributed by atoms with van der Waals surface area (Å²) in [5, 5.41) is 10.8. The van der Waals surface area contributed by atoms with Gasteiger partial charge >= 0.3 is 0 Å². The molecule has 0 bridgehead atoms. The largest absolute Gasteiger partial charge is 0.259 e. The number of aromatic nitrogens is 5. The van der Waals surface area contributed by atoms with Crippen LogP contribution in [0.3, 0.4) is 0 Å². The van der Waals surface area contributed by atoms with E-state index in [2.05, 4.69) is 17.1 Å². The van der Waals surface area contributed by atoms with E-state index in [1.807, 2.05) is 17.0 Å². The highest BCUT2D eigenvalue weighted by Gasteiger charge is 2.24. The molecule has 0 spiro atoms. The molecule has 0 saturated heterocycles. The van der Waals surface area contributed by atoms with Crippen molar-refractivity contribution in [1.82, 2.24) is 24.6 Å². The van der Waals surface area contributed by atoms with Gasteiger partial charge < -0.3 is 0 Å². The fraction of sp³-hybridized carbons (Fsp3) is 0.444. The van der Waals surface area contributed by atoms with Crippen molar-refractivity contribution in [3.8, 4) is 0 Å². The fourth-order valence-corrected chi connectivity index (χ4v) is 5.51. The highest BCUT2D eigenvalue weighted by molar-refractivity contribution is 7.98. The number of hydrogen-bond donors (Lipinski definition) is 0. The van der Waals surface area contributed by atoms with Crippen molar-refractivity contribution in [3.05, 3.63) is 23.1 Å². The molecule has 0 fully saturated rings. The van der Waals surface area contributed by atoms with Gasteiger partial charge in [0.1, 0.15) is 15.9 Å². The summed E-state index contributed by atoms with van der Waals surface area (Å²) >= 11 is 3.31. The van der Waals surface area contributed by atoms with Crippen molar-refractivity contribution in [2.45, 2.75) is 50.6 Å². The fourth-order valence-electron chi connectivity index (χ4n) is 3.91. The summed E-state index contributed by atoms with van der Waals surface area (Å²) in [6.45, 7) is 2.24. The van der Waals surface area contributed by atoms with Crippen molar-refractivity contribution in [2.75, 3.05) is 6.26 Å². The highest BCUT2D eigenvalue weighted by atomic mass is 32.2. The molecule has 4 aromatic rings. The van der Waals surface area contributed by atoms with E-state index in [-0.39, 0.29) is 0 Å². The van der Waals surface area contributed by atoms with E-state index >= 15 is 0 Å². The normalized spacial score (nSPS) is 14.2. The summed E-state index contributed by atoms with van der Waals surface area (Å²) in [7, 11) is 0. The lowest BCUT2D eigenvalue weighted by Crippen LogP contribution is -1.98. The van der Waals surface area contributed by atoms with E-state index < -0.39 is 0 Å². The minimum absolute atomic E-state index is 0.878. The number of thiophene rings is 1. The number of unbranched alkanes of at least 4 members (excludes halogenated alkanes) is 1. The second-order valence-electron chi connectivity index (χ2n) is 6.56. The van der Waals surface area contributed by atoms with Crippen LogP contribution in [0.4, 0.5) is 0 Å². The lowest BCUT2D eigenvalue weighted by molar-refractivity contribution is 0.770. The van der Waals surface area contributed by atoms with Crippen molar-refractivity contribution >= 4 is 49.2 Å². The molecule has 0 aromatic carbocycles. The number of pyridine rings is 1. The first-order valence-corrected chi connectivity index (χ1v) is 10.9. The molecule has 0 unspecified atom stereocenters. The van der Waals surface area contributed by atoms with E-state index in [1.165, 1.54) is 47.9 Å². The van der Waals surface area contributed by atoms with Gasteiger partial charge in [-0.05, 0) is 49.5 Å². The molecule has 5 nitrogen and oxygen atoms in total. The minimum Gasteiger partial charge on any atom is -0.259 e. The van der Waals surface area contributed by atoms with Crippen molar-refractivity contribution < 1.29 is 0 Å². The van der Waals surface area contributed by atoms with Gasteiger partial charge in [0.2, 0.25) is 0 Å². The van der Waals surface area contributed by atoms with Crippen LogP contribution in [0.2, 0.25) is 0 Å². The van der Waals surface area contributed by atoms with Crippen LogP contribution in [0.5, 0.6) is 0 Å². The van der Waals surface area contributed by atoms with E-state index in [0.29, 0.717) is 0 Å². The van der Waals surface area contributed by atoms with Crippen LogP contribution in [0, 0.1) is 0 Å². The van der Waals surface area contributed by atoms with Gasteiger partial charge in [0, 0.05) is 11.1 Å². The predicted molar refractivity (Wildman–Crippen MR) is 104 cm³/mol. The maximum atomic E-state index is 5.07. The monoisotopic (exact) mass is 369 g/mol. The standard InChI is InChI=1S/C18H19N5S2/c1-3-4-8-12-10-6-5-7-11(10)13-14-15(25-17(13)20-12)16-21-22-18(24-2)23(16)9-19-14/h9H,3-8H2,1-2H3. The van der Waals surface area contributed by atoms with Crippen LogP contribution in [-0.2, 0) is 19.3 Å². The van der Waals surface area contributed by atoms with Crippen LogP contribution in [-0.4, -0.2) is 30.8 Å². The number of aryl methyl sites for hydroxylation is 2. The van der Waals surface area contributed by atoms with Gasteiger partial charge in [-0.15, -0.1) is 21.5 Å². The quantitative estimate of drug-likeness (QED) is 0.498. The average molecular weight is 370 g/mol. The molecule has 5 rings (SSSR count). The van der Waals surface area contributed by atoms with Crippen molar-refractivity contribution in [1.29, 1.82) is 0 Å². The summed E-state index contributed by atoms with van der Waals surface area (Å²) in [5.74, 6) is 0. The van der Waals surface area contributed by atoms with Crippen LogP contribution in [0.1, 0.15) is 43.0 Å². The lowest BCUT2D eigenvalue weighted by atomic mass is 10.0. The zero-order valence-corrected chi connectivity index (χ0v) is 16.0. The maximum Gasteiger partial charge on any atom is 0.196 e. The van der Waals surface area contributed by atoms with Gasteiger partial charge in [-0.3, -0.25) is 4.40 Å². The summed E-state index contributed by atoms with van der Waals surface area (Å²) in [6, 6.07) is 0. The number of fused-ring (bicyclic) bond motifs is 7. The van der Waals surface area contributed by atoms with Crippen LogP contribution in [0.15, 0.2) is 11.5 Å². The average Bonchev–Trinajstić information content (AvgIpc) is 3.33.